The Bertz CT molecular complexity index is 395. The van der Waals surface area contributed by atoms with Crippen LogP contribution in [0.1, 0.15) is 50.4 Å². The minimum absolute atomic E-state index is 0.187. The van der Waals surface area contributed by atoms with E-state index >= 15 is 0 Å². The Morgan fingerprint density at radius 1 is 1.40 bits per heavy atom. The molecular weight excluding hydrogens is 268 g/mol. The van der Waals surface area contributed by atoms with Crippen molar-refractivity contribution >= 4 is 17.2 Å². The lowest BCUT2D eigenvalue weighted by Crippen LogP contribution is -2.41. The van der Waals surface area contributed by atoms with Crippen LogP contribution >= 0.6 is 11.3 Å². The van der Waals surface area contributed by atoms with E-state index in [0.29, 0.717) is 5.92 Å². The summed E-state index contributed by atoms with van der Waals surface area (Å²) in [4.78, 5) is 13.8. The molecule has 1 aromatic rings. The Morgan fingerprint density at radius 3 is 2.65 bits per heavy atom. The van der Waals surface area contributed by atoms with Gasteiger partial charge in [-0.3, -0.25) is 4.79 Å². The highest BCUT2D eigenvalue weighted by molar-refractivity contribution is 7.10. The van der Waals surface area contributed by atoms with Crippen molar-refractivity contribution in [1.82, 2.24) is 10.6 Å². The second-order valence-electron chi connectivity index (χ2n) is 5.60. The number of rotatable bonds is 6. The number of carbonyl (C=O) groups is 1. The van der Waals surface area contributed by atoms with Crippen LogP contribution in [0.5, 0.6) is 0 Å². The van der Waals surface area contributed by atoms with E-state index in [9.17, 15) is 4.79 Å². The summed E-state index contributed by atoms with van der Waals surface area (Å²) in [6.45, 7) is 6.36. The molecule has 2 N–H and O–H groups in total. The third kappa shape index (κ3) is 3.83. The molecule has 1 atom stereocenters. The molecule has 112 valence electrons. The predicted molar refractivity (Wildman–Crippen MR) is 84.9 cm³/mol. The van der Waals surface area contributed by atoms with Gasteiger partial charge in [-0.1, -0.05) is 32.8 Å². The minimum atomic E-state index is 0.187. The van der Waals surface area contributed by atoms with Gasteiger partial charge in [0.15, 0.2) is 0 Å². The second-order valence-corrected chi connectivity index (χ2v) is 6.58. The monoisotopic (exact) mass is 294 g/mol. The van der Waals surface area contributed by atoms with Gasteiger partial charge in [0.05, 0.1) is 6.04 Å². The molecule has 3 nitrogen and oxygen atoms in total. The van der Waals surface area contributed by atoms with Gasteiger partial charge in [-0.15, -0.1) is 11.3 Å². The average molecular weight is 294 g/mol. The van der Waals surface area contributed by atoms with Crippen molar-refractivity contribution in [2.24, 2.45) is 11.8 Å². The third-order valence-electron chi connectivity index (χ3n) is 4.38. The largest absolute Gasteiger partial charge is 0.348 e. The summed E-state index contributed by atoms with van der Waals surface area (Å²) in [5, 5.41) is 8.75. The molecule has 0 aromatic carbocycles. The standard InChI is InChI=1S/C16H26N2OS/c1-3-12(4-2)15(14-6-5-11-20-14)18-16(19)13-7-9-17-10-8-13/h5-6,11-13,15,17H,3-4,7-10H2,1-2H3,(H,18,19). The number of thiophene rings is 1. The average Bonchev–Trinajstić information content (AvgIpc) is 3.02. The minimum Gasteiger partial charge on any atom is -0.348 e. The van der Waals surface area contributed by atoms with Crippen LogP contribution in [-0.2, 0) is 4.79 Å². The zero-order chi connectivity index (χ0) is 14.4. The normalized spacial score (nSPS) is 18.1. The van der Waals surface area contributed by atoms with Crippen molar-refractivity contribution in [2.75, 3.05) is 13.1 Å². The molecular formula is C16H26N2OS. The van der Waals surface area contributed by atoms with Crippen LogP contribution in [0.2, 0.25) is 0 Å². The first-order chi connectivity index (χ1) is 9.76. The summed E-state index contributed by atoms with van der Waals surface area (Å²) in [5.41, 5.74) is 0. The van der Waals surface area contributed by atoms with Crippen molar-refractivity contribution in [1.29, 1.82) is 0 Å². The number of carbonyl (C=O) groups excluding carboxylic acids is 1. The van der Waals surface area contributed by atoms with Crippen LogP contribution in [0, 0.1) is 11.8 Å². The van der Waals surface area contributed by atoms with E-state index in [0.717, 1.165) is 38.8 Å². The number of nitrogens with one attached hydrogen (secondary N) is 2. The van der Waals surface area contributed by atoms with E-state index in [2.05, 4.69) is 42.0 Å². The van der Waals surface area contributed by atoms with E-state index < -0.39 is 0 Å². The van der Waals surface area contributed by atoms with Crippen LogP contribution in [0.3, 0.4) is 0 Å². The first kappa shape index (κ1) is 15.5. The molecule has 4 heteroatoms. The molecule has 0 bridgehead atoms. The van der Waals surface area contributed by atoms with E-state index in [1.807, 2.05) is 0 Å². The van der Waals surface area contributed by atoms with Gasteiger partial charge in [-0.25, -0.2) is 0 Å². The quantitative estimate of drug-likeness (QED) is 0.845. The van der Waals surface area contributed by atoms with Gasteiger partial charge in [0.25, 0.3) is 0 Å². The van der Waals surface area contributed by atoms with Crippen LogP contribution in [-0.4, -0.2) is 19.0 Å². The van der Waals surface area contributed by atoms with Crippen molar-refractivity contribution in [3.05, 3.63) is 22.4 Å². The van der Waals surface area contributed by atoms with Gasteiger partial charge in [0, 0.05) is 10.8 Å². The molecule has 2 heterocycles. The van der Waals surface area contributed by atoms with Crippen molar-refractivity contribution in [3.63, 3.8) is 0 Å². The van der Waals surface area contributed by atoms with Gasteiger partial charge >= 0.3 is 0 Å². The van der Waals surface area contributed by atoms with Gasteiger partial charge in [-0.2, -0.15) is 0 Å². The highest BCUT2D eigenvalue weighted by atomic mass is 32.1. The number of hydrogen-bond acceptors (Lipinski definition) is 3. The van der Waals surface area contributed by atoms with Crippen LogP contribution < -0.4 is 10.6 Å². The predicted octanol–water partition coefficient (Wildman–Crippen LogP) is 3.34. The van der Waals surface area contributed by atoms with Crippen LogP contribution in [0.4, 0.5) is 0 Å². The summed E-state index contributed by atoms with van der Waals surface area (Å²) in [5.74, 6) is 0.962. The number of piperidine rings is 1. The lowest BCUT2D eigenvalue weighted by atomic mass is 9.91. The lowest BCUT2D eigenvalue weighted by Gasteiger charge is -2.29. The first-order valence-electron chi connectivity index (χ1n) is 7.80. The highest BCUT2D eigenvalue weighted by Gasteiger charge is 2.27. The van der Waals surface area contributed by atoms with Gasteiger partial charge < -0.3 is 10.6 Å². The van der Waals surface area contributed by atoms with Crippen molar-refractivity contribution in [2.45, 2.75) is 45.6 Å². The molecule has 0 spiro atoms. The molecule has 0 aliphatic carbocycles. The molecule has 1 saturated heterocycles. The summed E-state index contributed by atoms with van der Waals surface area (Å²) >= 11 is 1.75. The van der Waals surface area contributed by atoms with Crippen LogP contribution in [0.25, 0.3) is 0 Å². The van der Waals surface area contributed by atoms with Gasteiger partial charge in [-0.05, 0) is 43.3 Å². The molecule has 0 radical (unpaired) electrons. The Kier molecular flexibility index (Phi) is 6.05. The number of hydrogen-bond donors (Lipinski definition) is 2. The molecule has 0 saturated carbocycles. The number of amides is 1. The molecule has 1 aliphatic rings. The van der Waals surface area contributed by atoms with Crippen LogP contribution in [0.15, 0.2) is 17.5 Å². The van der Waals surface area contributed by atoms with E-state index in [4.69, 9.17) is 0 Å². The second kappa shape index (κ2) is 7.79. The van der Waals surface area contributed by atoms with Crippen molar-refractivity contribution in [3.8, 4) is 0 Å². The molecule has 1 unspecified atom stereocenters. The summed E-state index contributed by atoms with van der Waals surface area (Å²) in [6, 6.07) is 4.41. The maximum Gasteiger partial charge on any atom is 0.223 e. The van der Waals surface area contributed by atoms with E-state index in [1.54, 1.807) is 11.3 Å². The zero-order valence-corrected chi connectivity index (χ0v) is 13.3. The van der Waals surface area contributed by atoms with Gasteiger partial charge in [0.2, 0.25) is 5.91 Å². The summed E-state index contributed by atoms with van der Waals surface area (Å²) in [7, 11) is 0. The maximum absolute atomic E-state index is 12.5. The topological polar surface area (TPSA) is 41.1 Å². The molecule has 2 rings (SSSR count). The highest BCUT2D eigenvalue weighted by Crippen LogP contribution is 2.31. The molecule has 1 aromatic heterocycles. The molecule has 20 heavy (non-hydrogen) atoms. The smallest absolute Gasteiger partial charge is 0.223 e. The lowest BCUT2D eigenvalue weighted by molar-refractivity contribution is -0.126. The fourth-order valence-electron chi connectivity index (χ4n) is 3.00. The summed E-state index contributed by atoms with van der Waals surface area (Å²) in [6.07, 6.45) is 4.13. The zero-order valence-electron chi connectivity index (χ0n) is 12.5. The maximum atomic E-state index is 12.5. The Hall–Kier alpha value is -0.870. The fraction of sp³-hybridized carbons (Fsp3) is 0.688. The Labute approximate surface area is 126 Å². The third-order valence-corrected chi connectivity index (χ3v) is 5.33. The Morgan fingerprint density at radius 2 is 2.10 bits per heavy atom. The van der Waals surface area contributed by atoms with Gasteiger partial charge in [0.1, 0.15) is 0 Å². The first-order valence-corrected chi connectivity index (χ1v) is 8.68. The molecule has 1 amide bonds. The van der Waals surface area contributed by atoms with E-state index in [1.165, 1.54) is 4.88 Å². The Balaban J connectivity index is 2.05. The SMILES string of the molecule is CCC(CC)C(NC(=O)C1CCNCC1)c1cccs1. The van der Waals surface area contributed by atoms with E-state index in [-0.39, 0.29) is 17.9 Å². The van der Waals surface area contributed by atoms with Crippen molar-refractivity contribution < 1.29 is 4.79 Å². The molecule has 1 aliphatic heterocycles. The molecule has 1 fully saturated rings. The fourth-order valence-corrected chi connectivity index (χ4v) is 3.87. The summed E-state index contributed by atoms with van der Waals surface area (Å²) < 4.78 is 0.